The number of carbonyl (C=O) groups excluding carboxylic acids is 1. The third-order valence-corrected chi connectivity index (χ3v) is 3.86. The summed E-state index contributed by atoms with van der Waals surface area (Å²) in [4.78, 5) is 18.1. The molecule has 1 saturated heterocycles. The number of amides is 1. The van der Waals surface area contributed by atoms with E-state index in [0.717, 1.165) is 36.9 Å². The first-order valence-electron chi connectivity index (χ1n) is 6.91. The number of nitrogens with one attached hydrogen (secondary N) is 1. The summed E-state index contributed by atoms with van der Waals surface area (Å²) in [5.41, 5.74) is 1.62. The highest BCUT2D eigenvalue weighted by molar-refractivity contribution is 5.86. The molecule has 1 N–H and O–H groups in total. The first kappa shape index (κ1) is 12.9. The Bertz CT molecular complexity index is 629. The van der Waals surface area contributed by atoms with E-state index in [4.69, 9.17) is 4.74 Å². The van der Waals surface area contributed by atoms with Crippen molar-refractivity contribution < 1.29 is 9.53 Å². The van der Waals surface area contributed by atoms with Crippen molar-refractivity contribution in [3.63, 3.8) is 0 Å². The number of piperidine rings is 1. The summed E-state index contributed by atoms with van der Waals surface area (Å²) in [6, 6.07) is 1.87. The molecule has 0 spiro atoms. The average Bonchev–Trinajstić information content (AvgIpc) is 2.84. The number of ether oxygens (including phenoxy) is 1. The lowest BCUT2D eigenvalue weighted by atomic mass is 10.00. The van der Waals surface area contributed by atoms with Crippen molar-refractivity contribution in [3.8, 4) is 5.88 Å². The molecule has 1 fully saturated rings. The molecule has 0 atom stereocenters. The van der Waals surface area contributed by atoms with Crippen LogP contribution in [0.25, 0.3) is 11.0 Å². The van der Waals surface area contributed by atoms with Crippen molar-refractivity contribution in [2.75, 3.05) is 13.1 Å². The third kappa shape index (κ3) is 2.33. The van der Waals surface area contributed by atoms with E-state index in [9.17, 15) is 4.79 Å². The first-order valence-corrected chi connectivity index (χ1v) is 6.91. The van der Waals surface area contributed by atoms with Crippen LogP contribution in [-0.2, 0) is 0 Å². The minimum atomic E-state index is -0.325. The Morgan fingerprint density at radius 1 is 1.45 bits per heavy atom. The molecule has 106 valence electrons. The van der Waals surface area contributed by atoms with Crippen molar-refractivity contribution >= 4 is 17.1 Å². The number of H-pyrrole nitrogens is 1. The van der Waals surface area contributed by atoms with Crippen LogP contribution < -0.4 is 4.74 Å². The predicted molar refractivity (Wildman–Crippen MR) is 74.6 cm³/mol. The Kier molecular flexibility index (Phi) is 3.30. The molecule has 0 saturated carbocycles. The molecule has 0 aliphatic carbocycles. The summed E-state index contributed by atoms with van der Waals surface area (Å²) >= 11 is 0. The number of hydrogen-bond acceptors (Lipinski definition) is 4. The fourth-order valence-corrected chi connectivity index (χ4v) is 2.48. The summed E-state index contributed by atoms with van der Waals surface area (Å²) in [6.07, 6.45) is 3.43. The number of likely N-dealkylation sites (tertiary alicyclic amines) is 1. The molecule has 20 heavy (non-hydrogen) atoms. The van der Waals surface area contributed by atoms with Crippen LogP contribution in [0.3, 0.4) is 0 Å². The van der Waals surface area contributed by atoms with Crippen LogP contribution in [0.4, 0.5) is 4.79 Å². The van der Waals surface area contributed by atoms with Gasteiger partial charge in [-0.25, -0.2) is 9.78 Å². The molecule has 3 heterocycles. The van der Waals surface area contributed by atoms with E-state index in [2.05, 4.69) is 22.1 Å². The van der Waals surface area contributed by atoms with Crippen LogP contribution in [0.15, 0.2) is 12.3 Å². The highest BCUT2D eigenvalue weighted by Crippen LogP contribution is 2.25. The highest BCUT2D eigenvalue weighted by Gasteiger charge is 2.23. The average molecular weight is 274 g/mol. The van der Waals surface area contributed by atoms with Crippen molar-refractivity contribution in [2.45, 2.75) is 26.7 Å². The lowest BCUT2D eigenvalue weighted by Gasteiger charge is -2.29. The molecule has 2 aromatic rings. The van der Waals surface area contributed by atoms with Gasteiger partial charge >= 0.3 is 6.09 Å². The molecule has 0 radical (unpaired) electrons. The van der Waals surface area contributed by atoms with E-state index in [-0.39, 0.29) is 6.09 Å². The zero-order chi connectivity index (χ0) is 14.1. The van der Waals surface area contributed by atoms with Crippen LogP contribution in [0.2, 0.25) is 0 Å². The Labute approximate surface area is 117 Å². The van der Waals surface area contributed by atoms with Gasteiger partial charge < -0.3 is 9.64 Å². The molecule has 6 heteroatoms. The molecule has 6 nitrogen and oxygen atoms in total. The quantitative estimate of drug-likeness (QED) is 0.867. The topological polar surface area (TPSA) is 71.1 Å². The molecule has 2 aromatic heterocycles. The second kappa shape index (κ2) is 5.11. The fourth-order valence-electron chi connectivity index (χ4n) is 2.48. The Morgan fingerprint density at radius 2 is 2.20 bits per heavy atom. The van der Waals surface area contributed by atoms with Gasteiger partial charge in [-0.2, -0.15) is 0 Å². The number of nitrogens with zero attached hydrogens (tertiary/aromatic N) is 3. The van der Waals surface area contributed by atoms with Crippen LogP contribution in [0.5, 0.6) is 5.88 Å². The number of aryl methyl sites for hydroxylation is 1. The lowest BCUT2D eigenvalue weighted by Crippen LogP contribution is -2.39. The molecule has 1 amide bonds. The van der Waals surface area contributed by atoms with Gasteiger partial charge in [0.2, 0.25) is 0 Å². The number of rotatable bonds is 1. The number of carbonyl (C=O) groups is 1. The number of aromatic amines is 1. The van der Waals surface area contributed by atoms with Crippen LogP contribution in [0, 0.1) is 12.8 Å². The highest BCUT2D eigenvalue weighted by atomic mass is 16.6. The minimum Gasteiger partial charge on any atom is -0.389 e. The number of pyridine rings is 1. The van der Waals surface area contributed by atoms with Gasteiger partial charge in [-0.15, -0.1) is 5.10 Å². The first-order chi connectivity index (χ1) is 9.65. The van der Waals surface area contributed by atoms with Crippen LogP contribution in [-0.4, -0.2) is 39.3 Å². The van der Waals surface area contributed by atoms with E-state index in [0.29, 0.717) is 17.4 Å². The molecular formula is C14H18N4O2. The van der Waals surface area contributed by atoms with E-state index in [1.54, 1.807) is 11.1 Å². The Morgan fingerprint density at radius 3 is 2.95 bits per heavy atom. The summed E-state index contributed by atoms with van der Waals surface area (Å²) in [7, 11) is 0. The zero-order valence-electron chi connectivity index (χ0n) is 11.7. The molecule has 3 rings (SSSR count). The number of hydrogen-bond donors (Lipinski definition) is 1. The smallest absolute Gasteiger partial charge is 0.389 e. The summed E-state index contributed by atoms with van der Waals surface area (Å²) in [6.45, 7) is 5.65. The van der Waals surface area contributed by atoms with Gasteiger partial charge in [0.15, 0.2) is 5.65 Å². The predicted octanol–water partition coefficient (Wildman–Crippen LogP) is 2.50. The van der Waals surface area contributed by atoms with Gasteiger partial charge in [0.25, 0.3) is 5.88 Å². The second-order valence-electron chi connectivity index (χ2n) is 5.42. The fraction of sp³-hybridized carbons (Fsp3) is 0.500. The Balaban J connectivity index is 1.78. The van der Waals surface area contributed by atoms with Crippen molar-refractivity contribution in [2.24, 2.45) is 5.92 Å². The Hall–Kier alpha value is -2.11. The van der Waals surface area contributed by atoms with E-state index in [1.807, 2.05) is 13.0 Å². The zero-order valence-corrected chi connectivity index (χ0v) is 11.7. The lowest BCUT2D eigenvalue weighted by molar-refractivity contribution is 0.132. The summed E-state index contributed by atoms with van der Waals surface area (Å²) < 4.78 is 5.43. The van der Waals surface area contributed by atoms with Crippen LogP contribution >= 0.6 is 0 Å². The van der Waals surface area contributed by atoms with Crippen molar-refractivity contribution in [1.82, 2.24) is 20.1 Å². The summed E-state index contributed by atoms with van der Waals surface area (Å²) in [5.74, 6) is 0.992. The molecule has 1 aliphatic heterocycles. The molecular weight excluding hydrogens is 256 g/mol. The van der Waals surface area contributed by atoms with Crippen LogP contribution in [0.1, 0.15) is 25.3 Å². The van der Waals surface area contributed by atoms with Gasteiger partial charge in [0.1, 0.15) is 0 Å². The van der Waals surface area contributed by atoms with E-state index in [1.165, 1.54) is 0 Å². The van der Waals surface area contributed by atoms with E-state index >= 15 is 0 Å². The molecule has 0 aromatic carbocycles. The SMILES string of the molecule is Cc1ccnc2[nH]nc(OC(=O)N3CCC(C)CC3)c12. The monoisotopic (exact) mass is 274 g/mol. The number of aromatic nitrogens is 3. The van der Waals surface area contributed by atoms with Gasteiger partial charge in [0, 0.05) is 19.3 Å². The van der Waals surface area contributed by atoms with Gasteiger partial charge in [0.05, 0.1) is 5.39 Å². The number of fused-ring (bicyclic) bond motifs is 1. The molecule has 0 unspecified atom stereocenters. The summed E-state index contributed by atoms with van der Waals surface area (Å²) in [5, 5.41) is 7.61. The molecule has 0 bridgehead atoms. The third-order valence-electron chi connectivity index (χ3n) is 3.86. The maximum atomic E-state index is 12.2. The maximum absolute atomic E-state index is 12.2. The van der Waals surface area contributed by atoms with Gasteiger partial charge in [-0.1, -0.05) is 6.92 Å². The molecule has 1 aliphatic rings. The van der Waals surface area contributed by atoms with Crippen molar-refractivity contribution in [3.05, 3.63) is 17.8 Å². The maximum Gasteiger partial charge on any atom is 0.416 e. The van der Waals surface area contributed by atoms with Crippen molar-refractivity contribution in [1.29, 1.82) is 0 Å². The normalized spacial score (nSPS) is 16.6. The minimum absolute atomic E-state index is 0.314. The standard InChI is InChI=1S/C14H18N4O2/c1-9-4-7-18(8-5-9)14(19)20-13-11-10(2)3-6-15-12(11)16-17-13/h3,6,9H,4-5,7-8H2,1-2H3,(H,15,16,17). The van der Waals surface area contributed by atoms with Gasteiger partial charge in [-0.3, -0.25) is 5.10 Å². The van der Waals surface area contributed by atoms with Gasteiger partial charge in [-0.05, 0) is 37.3 Å². The second-order valence-corrected chi connectivity index (χ2v) is 5.42. The van der Waals surface area contributed by atoms with E-state index < -0.39 is 0 Å². The largest absolute Gasteiger partial charge is 0.416 e.